The van der Waals surface area contributed by atoms with Crippen LogP contribution in [0.4, 0.5) is 16.2 Å². The SMILES string of the molecule is CC(=O)N1c2ccc(-c3cccn3C(=O)OC(C)(C)C)cc2[C@@H](Nc2ccccc2)C[C@H]1C. The Kier molecular flexibility index (Phi) is 6.02. The predicted molar refractivity (Wildman–Crippen MR) is 132 cm³/mol. The zero-order valence-corrected chi connectivity index (χ0v) is 19.8. The molecule has 0 aliphatic carbocycles. The van der Waals surface area contributed by atoms with Crippen molar-refractivity contribution >= 4 is 23.4 Å². The lowest BCUT2D eigenvalue weighted by atomic mass is 9.89. The minimum atomic E-state index is -0.586. The largest absolute Gasteiger partial charge is 0.443 e. The molecule has 172 valence electrons. The molecule has 0 bridgehead atoms. The molecule has 0 saturated carbocycles. The van der Waals surface area contributed by atoms with Crippen LogP contribution >= 0.6 is 0 Å². The maximum Gasteiger partial charge on any atom is 0.418 e. The first kappa shape index (κ1) is 22.6. The van der Waals surface area contributed by atoms with Crippen molar-refractivity contribution in [2.75, 3.05) is 10.2 Å². The van der Waals surface area contributed by atoms with E-state index in [2.05, 4.69) is 18.3 Å². The summed E-state index contributed by atoms with van der Waals surface area (Å²) in [6, 6.07) is 19.9. The van der Waals surface area contributed by atoms with Gasteiger partial charge >= 0.3 is 6.09 Å². The van der Waals surface area contributed by atoms with Crippen LogP contribution in [0.25, 0.3) is 11.3 Å². The Hall–Kier alpha value is -3.54. The molecule has 6 nitrogen and oxygen atoms in total. The third kappa shape index (κ3) is 4.80. The van der Waals surface area contributed by atoms with E-state index >= 15 is 0 Å². The smallest absolute Gasteiger partial charge is 0.418 e. The zero-order valence-electron chi connectivity index (χ0n) is 19.8. The molecule has 33 heavy (non-hydrogen) atoms. The standard InChI is InChI=1S/C27H31N3O3/c1-18-16-23(28-21-10-7-6-8-11-21)22-17-20(13-14-25(22)30(18)19(2)31)24-12-9-15-29(24)26(32)33-27(3,4)5/h6-15,17-18,23,28H,16H2,1-5H3/t18-,23+/m1/s1. The lowest BCUT2D eigenvalue weighted by molar-refractivity contribution is -0.117. The highest BCUT2D eigenvalue weighted by molar-refractivity contribution is 5.94. The van der Waals surface area contributed by atoms with Gasteiger partial charge in [-0.15, -0.1) is 0 Å². The fraction of sp³-hybridized carbons (Fsp3) is 0.333. The maximum atomic E-state index is 12.8. The summed E-state index contributed by atoms with van der Waals surface area (Å²) in [4.78, 5) is 27.1. The second kappa shape index (κ2) is 8.77. The number of amides is 1. The summed E-state index contributed by atoms with van der Waals surface area (Å²) in [6.07, 6.45) is 2.07. The minimum absolute atomic E-state index is 0.0202. The number of carbonyl (C=O) groups is 2. The van der Waals surface area contributed by atoms with Crippen molar-refractivity contribution in [2.24, 2.45) is 0 Å². The van der Waals surface area contributed by atoms with Crippen molar-refractivity contribution in [1.82, 2.24) is 4.57 Å². The number of anilines is 2. The Morgan fingerprint density at radius 2 is 1.76 bits per heavy atom. The zero-order chi connectivity index (χ0) is 23.8. The van der Waals surface area contributed by atoms with Crippen LogP contribution < -0.4 is 10.2 Å². The van der Waals surface area contributed by atoms with E-state index in [1.54, 1.807) is 13.1 Å². The van der Waals surface area contributed by atoms with Gasteiger partial charge in [-0.2, -0.15) is 0 Å². The highest BCUT2D eigenvalue weighted by atomic mass is 16.6. The Bertz CT molecular complexity index is 1160. The Morgan fingerprint density at radius 3 is 2.42 bits per heavy atom. The number of para-hydroxylation sites is 1. The molecule has 1 aliphatic heterocycles. The first-order chi connectivity index (χ1) is 15.6. The van der Waals surface area contributed by atoms with Gasteiger partial charge < -0.3 is 15.0 Å². The van der Waals surface area contributed by atoms with Crippen molar-refractivity contribution < 1.29 is 14.3 Å². The van der Waals surface area contributed by atoms with Crippen molar-refractivity contribution in [2.45, 2.75) is 58.7 Å². The molecular formula is C27H31N3O3. The summed E-state index contributed by atoms with van der Waals surface area (Å²) in [5, 5.41) is 3.63. The van der Waals surface area contributed by atoms with Crippen LogP contribution in [0.15, 0.2) is 66.9 Å². The van der Waals surface area contributed by atoms with Crippen LogP contribution in [-0.4, -0.2) is 28.2 Å². The Morgan fingerprint density at radius 1 is 1.03 bits per heavy atom. The number of rotatable bonds is 3. The summed E-state index contributed by atoms with van der Waals surface area (Å²) in [5.74, 6) is 0.0202. The van der Waals surface area contributed by atoms with Gasteiger partial charge in [0.25, 0.3) is 0 Å². The number of nitrogens with one attached hydrogen (secondary N) is 1. The third-order valence-electron chi connectivity index (χ3n) is 5.77. The number of ether oxygens (including phenoxy) is 1. The fourth-order valence-electron chi connectivity index (χ4n) is 4.46. The molecule has 1 amide bonds. The molecule has 3 aromatic rings. The predicted octanol–water partition coefficient (Wildman–Crippen LogP) is 6.24. The van der Waals surface area contributed by atoms with Gasteiger partial charge in [0.1, 0.15) is 5.60 Å². The van der Waals surface area contributed by atoms with Crippen LogP contribution in [0.3, 0.4) is 0 Å². The first-order valence-electron chi connectivity index (χ1n) is 11.3. The molecule has 1 aliphatic rings. The van der Waals surface area contributed by atoms with Crippen molar-refractivity contribution in [3.05, 3.63) is 72.4 Å². The number of aromatic nitrogens is 1. The summed E-state index contributed by atoms with van der Waals surface area (Å²) >= 11 is 0. The molecular weight excluding hydrogens is 414 g/mol. The molecule has 2 atom stereocenters. The molecule has 0 fully saturated rings. The molecule has 0 radical (unpaired) electrons. The van der Waals surface area contributed by atoms with Gasteiger partial charge in [0, 0.05) is 30.5 Å². The van der Waals surface area contributed by atoms with E-state index in [0.29, 0.717) is 0 Å². The van der Waals surface area contributed by atoms with E-state index < -0.39 is 11.7 Å². The lowest BCUT2D eigenvalue weighted by Gasteiger charge is -2.39. The van der Waals surface area contributed by atoms with Gasteiger partial charge in [-0.25, -0.2) is 4.79 Å². The van der Waals surface area contributed by atoms with Crippen molar-refractivity contribution in [3.8, 4) is 11.3 Å². The summed E-state index contributed by atoms with van der Waals surface area (Å²) < 4.78 is 7.11. The maximum absolute atomic E-state index is 12.8. The van der Waals surface area contributed by atoms with E-state index in [4.69, 9.17) is 4.74 Å². The monoisotopic (exact) mass is 445 g/mol. The molecule has 4 rings (SSSR count). The summed E-state index contributed by atoms with van der Waals surface area (Å²) in [7, 11) is 0. The van der Waals surface area contributed by atoms with Gasteiger partial charge in [0.2, 0.25) is 5.91 Å². The third-order valence-corrected chi connectivity index (χ3v) is 5.77. The van der Waals surface area contributed by atoms with Crippen LogP contribution in [0.1, 0.15) is 52.6 Å². The molecule has 6 heteroatoms. The van der Waals surface area contributed by atoms with E-state index in [9.17, 15) is 9.59 Å². The van der Waals surface area contributed by atoms with Crippen LogP contribution in [0, 0.1) is 0 Å². The average molecular weight is 446 g/mol. The average Bonchev–Trinajstić information content (AvgIpc) is 3.23. The molecule has 0 saturated heterocycles. The molecule has 1 N–H and O–H groups in total. The lowest BCUT2D eigenvalue weighted by Crippen LogP contribution is -2.43. The van der Waals surface area contributed by atoms with Crippen molar-refractivity contribution in [1.29, 1.82) is 0 Å². The molecule has 1 aromatic heterocycles. The number of benzene rings is 2. The van der Waals surface area contributed by atoms with Gasteiger partial charge in [-0.1, -0.05) is 24.3 Å². The number of carbonyl (C=O) groups excluding carboxylic acids is 2. The topological polar surface area (TPSA) is 63.6 Å². The van der Waals surface area contributed by atoms with Gasteiger partial charge in [-0.3, -0.25) is 9.36 Å². The van der Waals surface area contributed by atoms with Gasteiger partial charge in [-0.05, 0) is 81.6 Å². The highest BCUT2D eigenvalue weighted by Crippen LogP contribution is 2.41. The quantitative estimate of drug-likeness (QED) is 0.519. The number of nitrogens with zero attached hydrogens (tertiary/aromatic N) is 2. The van der Waals surface area contributed by atoms with Crippen LogP contribution in [0.5, 0.6) is 0 Å². The van der Waals surface area contributed by atoms with Crippen molar-refractivity contribution in [3.63, 3.8) is 0 Å². The fourth-order valence-corrected chi connectivity index (χ4v) is 4.46. The van der Waals surface area contributed by atoms with E-state index in [1.807, 2.05) is 80.3 Å². The van der Waals surface area contributed by atoms with E-state index in [0.717, 1.165) is 34.6 Å². The highest BCUT2D eigenvalue weighted by Gasteiger charge is 2.33. The molecule has 2 heterocycles. The summed E-state index contributed by atoms with van der Waals surface area (Å²) in [6.45, 7) is 9.23. The van der Waals surface area contributed by atoms with E-state index in [-0.39, 0.29) is 18.0 Å². The number of hydrogen-bond donors (Lipinski definition) is 1. The Balaban J connectivity index is 1.76. The van der Waals surface area contributed by atoms with Gasteiger partial charge in [0.05, 0.1) is 11.7 Å². The minimum Gasteiger partial charge on any atom is -0.443 e. The molecule has 0 spiro atoms. The first-order valence-corrected chi connectivity index (χ1v) is 11.3. The normalized spacial score (nSPS) is 17.9. The second-order valence-corrected chi connectivity index (χ2v) is 9.55. The molecule has 0 unspecified atom stereocenters. The van der Waals surface area contributed by atoms with E-state index in [1.165, 1.54) is 4.57 Å². The Labute approximate surface area is 195 Å². The molecule has 2 aromatic carbocycles. The number of hydrogen-bond acceptors (Lipinski definition) is 4. The van der Waals surface area contributed by atoms with Crippen LogP contribution in [0.2, 0.25) is 0 Å². The van der Waals surface area contributed by atoms with Gasteiger partial charge in [0.15, 0.2) is 0 Å². The number of fused-ring (bicyclic) bond motifs is 1. The van der Waals surface area contributed by atoms with Crippen LogP contribution in [-0.2, 0) is 9.53 Å². The summed E-state index contributed by atoms with van der Waals surface area (Å²) in [5.41, 5.74) is 4.01. The second-order valence-electron chi connectivity index (χ2n) is 9.55.